The molecule has 0 aromatic heterocycles. The summed E-state index contributed by atoms with van der Waals surface area (Å²) < 4.78 is 0.738. The third kappa shape index (κ3) is 2.76. The molecule has 2 heteroatoms. The molecule has 0 spiro atoms. The van der Waals surface area contributed by atoms with Crippen LogP contribution in [0.5, 0.6) is 0 Å². The Bertz CT molecular complexity index is 267. The molecule has 0 fully saturated rings. The van der Waals surface area contributed by atoms with Crippen molar-refractivity contribution in [2.24, 2.45) is 0 Å². The molecule has 2 aliphatic rings. The van der Waals surface area contributed by atoms with E-state index < -0.39 is 0 Å². The van der Waals surface area contributed by atoms with Crippen LogP contribution in [-0.4, -0.2) is 0 Å². The first-order valence-electron chi connectivity index (χ1n) is 4.30. The van der Waals surface area contributed by atoms with Gasteiger partial charge in [-0.05, 0) is 0 Å². The predicted octanol–water partition coefficient (Wildman–Crippen LogP) is 0.0983. The van der Waals surface area contributed by atoms with E-state index >= 15 is 0 Å². The van der Waals surface area contributed by atoms with Crippen LogP contribution in [0.2, 0.25) is 3.63 Å². The third-order valence-electron chi connectivity index (χ3n) is 2.34. The molecule has 0 nitrogen and oxygen atoms in total. The fourth-order valence-electron chi connectivity index (χ4n) is 1.59. The fourth-order valence-corrected chi connectivity index (χ4v) is 2.65. The quantitative estimate of drug-likeness (QED) is 0.612. The molecule has 0 atom stereocenters. The zero-order valence-corrected chi connectivity index (χ0v) is 11.9. The van der Waals surface area contributed by atoms with Gasteiger partial charge in [-0.15, -0.1) is 0 Å². The van der Waals surface area contributed by atoms with Crippen LogP contribution in [0.15, 0.2) is 47.6 Å². The molecule has 0 aromatic carbocycles. The Morgan fingerprint density at radius 2 is 1.46 bits per heavy atom. The number of hydrogen-bond donors (Lipinski definition) is 0. The van der Waals surface area contributed by atoms with Crippen molar-refractivity contribution < 1.29 is 48.7 Å². The van der Waals surface area contributed by atoms with Crippen molar-refractivity contribution in [3.63, 3.8) is 0 Å². The first-order valence-corrected chi connectivity index (χ1v) is 5.72. The average Bonchev–Trinajstić information content (AvgIpc) is 2.77. The number of halogens is 1. The van der Waals surface area contributed by atoms with Gasteiger partial charge < -0.3 is 24.0 Å². The van der Waals surface area contributed by atoms with E-state index in [9.17, 15) is 0 Å². The molecule has 2 aliphatic carbocycles. The van der Waals surface area contributed by atoms with Crippen LogP contribution >= 0.6 is 0 Å². The van der Waals surface area contributed by atoms with Crippen LogP contribution in [0.4, 0.5) is 0 Å². The first kappa shape index (κ1) is 11.6. The van der Waals surface area contributed by atoms with Gasteiger partial charge in [0.2, 0.25) is 0 Å². The van der Waals surface area contributed by atoms with Gasteiger partial charge in [-0.25, -0.2) is 0 Å². The Hall–Kier alpha value is 0.573. The molecular weight excluding hydrogens is 350 g/mol. The molecule has 0 bridgehead atoms. The SMILES string of the molecule is [I-].[Zr+][CH](C1=CC=CC1)C1=CC=CC1. The molecule has 0 unspecified atom stereocenters. The van der Waals surface area contributed by atoms with Crippen molar-refractivity contribution in [2.45, 2.75) is 16.5 Å². The Labute approximate surface area is 112 Å². The second-order valence-corrected chi connectivity index (χ2v) is 4.60. The van der Waals surface area contributed by atoms with Crippen molar-refractivity contribution >= 4 is 0 Å². The maximum absolute atomic E-state index is 2.28. The van der Waals surface area contributed by atoms with Gasteiger partial charge in [0.15, 0.2) is 0 Å². The van der Waals surface area contributed by atoms with Gasteiger partial charge >= 0.3 is 88.8 Å². The second kappa shape index (κ2) is 5.45. The summed E-state index contributed by atoms with van der Waals surface area (Å²) in [6.07, 6.45) is 15.7. The maximum atomic E-state index is 2.28. The van der Waals surface area contributed by atoms with Crippen molar-refractivity contribution in [3.05, 3.63) is 47.6 Å². The summed E-state index contributed by atoms with van der Waals surface area (Å²) in [7, 11) is 0. The molecule has 0 aliphatic heterocycles. The van der Waals surface area contributed by atoms with E-state index in [1.807, 2.05) is 0 Å². The molecule has 13 heavy (non-hydrogen) atoms. The van der Waals surface area contributed by atoms with Gasteiger partial charge in [0.25, 0.3) is 0 Å². The molecular formula is C11H11IZr. The minimum absolute atomic E-state index is 0. The van der Waals surface area contributed by atoms with Gasteiger partial charge in [0, 0.05) is 0 Å². The van der Waals surface area contributed by atoms with Gasteiger partial charge in [-0.1, -0.05) is 0 Å². The van der Waals surface area contributed by atoms with E-state index in [1.54, 1.807) is 35.9 Å². The minimum atomic E-state index is 0. The van der Waals surface area contributed by atoms with Crippen molar-refractivity contribution in [1.29, 1.82) is 0 Å². The topological polar surface area (TPSA) is 0 Å². The first-order chi connectivity index (χ1) is 5.88. The summed E-state index contributed by atoms with van der Waals surface area (Å²) in [6, 6.07) is 0. The molecule has 66 valence electrons. The molecule has 0 saturated carbocycles. The third-order valence-corrected chi connectivity index (χ3v) is 4.16. The number of allylic oxidation sites excluding steroid dienone is 8. The summed E-state index contributed by atoms with van der Waals surface area (Å²) in [5, 5.41) is 0. The Kier molecular flexibility index (Phi) is 4.89. The number of hydrogen-bond acceptors (Lipinski definition) is 0. The summed E-state index contributed by atoms with van der Waals surface area (Å²) >= 11 is 1.63. The molecule has 0 aromatic rings. The fraction of sp³-hybridized carbons (Fsp3) is 0.273. The van der Waals surface area contributed by atoms with Crippen LogP contribution < -0.4 is 24.0 Å². The standard InChI is InChI=1S/C11H11.HI.Zr/c1-2-6-10(5-1)9-11-7-3-4-8-11;;/h1-5,7,9H,6,8H2;1H;/q;;+1/p-1. The van der Waals surface area contributed by atoms with E-state index in [0.29, 0.717) is 0 Å². The van der Waals surface area contributed by atoms with E-state index in [-0.39, 0.29) is 24.0 Å². The monoisotopic (exact) mass is 360 g/mol. The van der Waals surface area contributed by atoms with Gasteiger partial charge in [-0.3, -0.25) is 0 Å². The Balaban J connectivity index is 0.000000845. The zero-order chi connectivity index (χ0) is 8.39. The van der Waals surface area contributed by atoms with Crippen LogP contribution in [0.3, 0.4) is 0 Å². The summed E-state index contributed by atoms with van der Waals surface area (Å²) in [6.45, 7) is 0. The zero-order valence-electron chi connectivity index (χ0n) is 7.33. The summed E-state index contributed by atoms with van der Waals surface area (Å²) in [4.78, 5) is 0. The normalized spacial score (nSPS) is 18.8. The van der Waals surface area contributed by atoms with Crippen molar-refractivity contribution in [1.82, 2.24) is 0 Å². The van der Waals surface area contributed by atoms with Crippen molar-refractivity contribution in [3.8, 4) is 0 Å². The average molecular weight is 361 g/mol. The molecule has 2 rings (SSSR count). The molecule has 0 saturated heterocycles. The second-order valence-electron chi connectivity index (χ2n) is 3.18. The van der Waals surface area contributed by atoms with Crippen molar-refractivity contribution in [2.75, 3.05) is 0 Å². The van der Waals surface area contributed by atoms with E-state index in [4.69, 9.17) is 0 Å². The number of rotatable bonds is 2. The predicted molar refractivity (Wildman–Crippen MR) is 47.4 cm³/mol. The molecule has 0 amide bonds. The van der Waals surface area contributed by atoms with E-state index in [0.717, 1.165) is 3.63 Å². The Morgan fingerprint density at radius 1 is 1.00 bits per heavy atom. The van der Waals surface area contributed by atoms with Crippen LogP contribution in [0, 0.1) is 0 Å². The molecule has 0 radical (unpaired) electrons. The van der Waals surface area contributed by atoms with Gasteiger partial charge in [0.05, 0.1) is 0 Å². The summed E-state index contributed by atoms with van der Waals surface area (Å²) in [5.41, 5.74) is 3.20. The van der Waals surface area contributed by atoms with E-state index in [2.05, 4.69) is 36.5 Å². The Morgan fingerprint density at radius 3 is 1.77 bits per heavy atom. The van der Waals surface area contributed by atoms with Gasteiger partial charge in [0.1, 0.15) is 0 Å². The molecule has 0 N–H and O–H groups in total. The van der Waals surface area contributed by atoms with Crippen LogP contribution in [0.25, 0.3) is 0 Å². The van der Waals surface area contributed by atoms with Crippen LogP contribution in [-0.2, 0) is 24.7 Å². The van der Waals surface area contributed by atoms with Crippen LogP contribution in [0.1, 0.15) is 12.8 Å². The summed E-state index contributed by atoms with van der Waals surface area (Å²) in [5.74, 6) is 0. The molecule has 0 heterocycles. The van der Waals surface area contributed by atoms with Gasteiger partial charge in [-0.2, -0.15) is 0 Å². The van der Waals surface area contributed by atoms with E-state index in [1.165, 1.54) is 12.8 Å².